The third-order valence-corrected chi connectivity index (χ3v) is 6.33. The minimum absolute atomic E-state index is 0.0688. The second-order valence-corrected chi connectivity index (χ2v) is 8.67. The maximum Gasteiger partial charge on any atom is 0.245 e. The summed E-state index contributed by atoms with van der Waals surface area (Å²) in [6.45, 7) is 3.26. The van der Waals surface area contributed by atoms with Crippen LogP contribution in [0.5, 0.6) is 0 Å². The molecule has 0 radical (unpaired) electrons. The molecule has 3 atom stereocenters. The number of rotatable bonds is 9. The minimum atomic E-state index is -1.03. The van der Waals surface area contributed by atoms with E-state index in [0.29, 0.717) is 25.3 Å². The fraction of sp³-hybridized carbons (Fsp3) is 0.500. The van der Waals surface area contributed by atoms with Crippen LogP contribution in [0.25, 0.3) is 0 Å². The van der Waals surface area contributed by atoms with Crippen LogP contribution in [-0.4, -0.2) is 75.4 Å². The molecule has 9 heteroatoms. The highest BCUT2D eigenvalue weighted by Gasteiger charge is 2.50. The largest absolute Gasteiger partial charge is 0.467 e. The van der Waals surface area contributed by atoms with Gasteiger partial charge in [-0.05, 0) is 24.1 Å². The highest BCUT2D eigenvalue weighted by Crippen LogP contribution is 2.29. The lowest BCUT2D eigenvalue weighted by molar-refractivity contribution is -0.241. The number of carbonyl (C=O) groups excluding carboxylic acids is 2. The minimum Gasteiger partial charge on any atom is -0.467 e. The average molecular weight is 456 g/mol. The summed E-state index contributed by atoms with van der Waals surface area (Å²) in [4.78, 5) is 29.9. The highest BCUT2D eigenvalue weighted by atomic mass is 16.3. The number of hydrogen-bond donors (Lipinski definition) is 2. The van der Waals surface area contributed by atoms with Crippen LogP contribution in [0, 0.1) is 0 Å². The van der Waals surface area contributed by atoms with Crippen molar-refractivity contribution in [1.29, 1.82) is 0 Å². The lowest BCUT2D eigenvalue weighted by atomic mass is 10.0. The summed E-state index contributed by atoms with van der Waals surface area (Å²) in [7, 11) is 1.79. The molecule has 9 nitrogen and oxygen atoms in total. The first-order valence-corrected chi connectivity index (χ1v) is 11.6. The van der Waals surface area contributed by atoms with Crippen molar-refractivity contribution in [3.63, 3.8) is 0 Å². The number of nitrogens with one attached hydrogen (secondary N) is 1. The van der Waals surface area contributed by atoms with E-state index in [0.717, 1.165) is 18.4 Å². The van der Waals surface area contributed by atoms with Crippen molar-refractivity contribution in [3.05, 3.63) is 60.1 Å². The van der Waals surface area contributed by atoms with E-state index < -0.39 is 18.6 Å². The zero-order valence-corrected chi connectivity index (χ0v) is 19.3. The van der Waals surface area contributed by atoms with E-state index in [1.807, 2.05) is 36.4 Å². The molecule has 2 amide bonds. The number of nitrogens with zero attached hydrogens (tertiary/aromatic N) is 4. The summed E-state index contributed by atoms with van der Waals surface area (Å²) >= 11 is 0. The molecule has 0 aliphatic carbocycles. The number of fused-ring (bicyclic) bond motifs is 1. The Balaban J connectivity index is 1.58. The molecular weight excluding hydrogens is 422 g/mol. The summed E-state index contributed by atoms with van der Waals surface area (Å²) < 4.78 is 5.48. The molecular formula is C24H33N5O4. The molecule has 1 unspecified atom stereocenters. The second-order valence-electron chi connectivity index (χ2n) is 8.67. The van der Waals surface area contributed by atoms with Gasteiger partial charge in [0.05, 0.1) is 25.9 Å². The number of hydrogen-bond acceptors (Lipinski definition) is 7. The van der Waals surface area contributed by atoms with Gasteiger partial charge >= 0.3 is 0 Å². The standard InChI is InChI=1S/C24H33N5O4/c1-3-4-12-20-23(31)27(15-19-11-8-13-33-19)16-21-28(20)22(30)17-26(2)29(21)24(32)25-14-18-9-6-5-7-10-18/h5-11,13,20-21,24-25,32H,3-4,12,14-17H2,1-2H3/t20-,21-,24?/m0/s1. The van der Waals surface area contributed by atoms with Crippen LogP contribution in [0.15, 0.2) is 53.1 Å². The smallest absolute Gasteiger partial charge is 0.245 e. The van der Waals surface area contributed by atoms with E-state index in [4.69, 9.17) is 4.42 Å². The molecule has 2 aliphatic heterocycles. The molecule has 4 rings (SSSR count). The van der Waals surface area contributed by atoms with Crippen LogP contribution < -0.4 is 5.32 Å². The van der Waals surface area contributed by atoms with Crippen molar-refractivity contribution in [1.82, 2.24) is 25.1 Å². The molecule has 0 bridgehead atoms. The molecule has 33 heavy (non-hydrogen) atoms. The number of likely N-dealkylation sites (N-methyl/N-ethyl adjacent to an activating group) is 1. The van der Waals surface area contributed by atoms with Crippen LogP contribution >= 0.6 is 0 Å². The Bertz CT molecular complexity index is 922. The number of hydrazine groups is 1. The van der Waals surface area contributed by atoms with Gasteiger partial charge in [0, 0.05) is 13.6 Å². The maximum atomic E-state index is 13.4. The second kappa shape index (κ2) is 10.5. The molecule has 0 saturated carbocycles. The first kappa shape index (κ1) is 23.4. The van der Waals surface area contributed by atoms with Gasteiger partial charge in [-0.3, -0.25) is 14.9 Å². The van der Waals surface area contributed by atoms with Crippen molar-refractivity contribution in [2.24, 2.45) is 0 Å². The van der Waals surface area contributed by atoms with Gasteiger partial charge in [-0.2, -0.15) is 5.01 Å². The van der Waals surface area contributed by atoms with Gasteiger partial charge in [-0.25, -0.2) is 5.01 Å². The Labute approximate surface area is 194 Å². The van der Waals surface area contributed by atoms with Crippen molar-refractivity contribution >= 4 is 11.8 Å². The first-order chi connectivity index (χ1) is 16.0. The van der Waals surface area contributed by atoms with E-state index in [1.165, 1.54) is 0 Å². The van der Waals surface area contributed by atoms with Crippen molar-refractivity contribution in [3.8, 4) is 0 Å². The number of carbonyl (C=O) groups is 2. The lowest BCUT2D eigenvalue weighted by Gasteiger charge is -2.55. The van der Waals surface area contributed by atoms with Crippen LogP contribution in [0.3, 0.4) is 0 Å². The number of aliphatic hydroxyl groups is 1. The molecule has 2 aromatic rings. The van der Waals surface area contributed by atoms with Gasteiger partial charge < -0.3 is 19.3 Å². The lowest BCUT2D eigenvalue weighted by Crippen LogP contribution is -2.76. The number of aliphatic hydroxyl groups excluding tert-OH is 1. The van der Waals surface area contributed by atoms with E-state index in [-0.39, 0.29) is 24.9 Å². The summed E-state index contributed by atoms with van der Waals surface area (Å²) in [6.07, 6.45) is 2.44. The van der Waals surface area contributed by atoms with E-state index >= 15 is 0 Å². The van der Waals surface area contributed by atoms with Crippen molar-refractivity contribution < 1.29 is 19.1 Å². The fourth-order valence-electron chi connectivity index (χ4n) is 4.69. The van der Waals surface area contributed by atoms with Gasteiger partial charge in [0.15, 0.2) is 6.35 Å². The molecule has 3 heterocycles. The van der Waals surface area contributed by atoms with Crippen LogP contribution in [0.1, 0.15) is 37.5 Å². The summed E-state index contributed by atoms with van der Waals surface area (Å²) in [5, 5.41) is 17.8. The topological polar surface area (TPSA) is 92.5 Å². The van der Waals surface area contributed by atoms with Crippen LogP contribution in [0.2, 0.25) is 0 Å². The molecule has 178 valence electrons. The molecule has 2 saturated heterocycles. The van der Waals surface area contributed by atoms with E-state index in [1.54, 1.807) is 39.2 Å². The van der Waals surface area contributed by atoms with Crippen LogP contribution in [-0.2, 0) is 22.7 Å². The molecule has 2 fully saturated rings. The van der Waals surface area contributed by atoms with E-state index in [2.05, 4.69) is 12.2 Å². The third-order valence-electron chi connectivity index (χ3n) is 6.33. The van der Waals surface area contributed by atoms with Gasteiger partial charge in [-0.15, -0.1) is 0 Å². The first-order valence-electron chi connectivity index (χ1n) is 11.6. The van der Waals surface area contributed by atoms with Gasteiger partial charge in [0.25, 0.3) is 0 Å². The quantitative estimate of drug-likeness (QED) is 0.555. The number of piperazine rings is 1. The Morgan fingerprint density at radius 3 is 2.67 bits per heavy atom. The summed E-state index contributed by atoms with van der Waals surface area (Å²) in [6, 6.07) is 12.9. The van der Waals surface area contributed by atoms with Gasteiger partial charge in [-0.1, -0.05) is 50.1 Å². The molecule has 1 aromatic heterocycles. The number of benzene rings is 1. The van der Waals surface area contributed by atoms with Crippen molar-refractivity contribution in [2.45, 2.75) is 57.8 Å². The SMILES string of the molecule is CCCC[C@H]1C(=O)N(Cc2ccco2)C[C@H]2N1C(=O)CN(C)N2C(O)NCc1ccccc1. The zero-order chi connectivity index (χ0) is 23.4. The Morgan fingerprint density at radius 1 is 1.18 bits per heavy atom. The predicted octanol–water partition coefficient (Wildman–Crippen LogP) is 1.56. The van der Waals surface area contributed by atoms with Crippen LogP contribution in [0.4, 0.5) is 0 Å². The number of amides is 2. The highest BCUT2D eigenvalue weighted by molar-refractivity contribution is 5.90. The monoisotopic (exact) mass is 455 g/mol. The fourth-order valence-corrected chi connectivity index (χ4v) is 4.69. The predicted molar refractivity (Wildman–Crippen MR) is 122 cm³/mol. The Kier molecular flexibility index (Phi) is 7.44. The zero-order valence-electron chi connectivity index (χ0n) is 19.3. The van der Waals surface area contributed by atoms with E-state index in [9.17, 15) is 14.7 Å². The number of unbranched alkanes of at least 4 members (excludes halogenated alkanes) is 1. The molecule has 2 N–H and O–H groups in total. The third kappa shape index (κ3) is 5.11. The Hall–Kier alpha value is -2.72. The van der Waals surface area contributed by atoms with Gasteiger partial charge in [0.2, 0.25) is 11.8 Å². The van der Waals surface area contributed by atoms with Gasteiger partial charge in [0.1, 0.15) is 18.0 Å². The molecule has 0 spiro atoms. The Morgan fingerprint density at radius 2 is 1.97 bits per heavy atom. The maximum absolute atomic E-state index is 13.4. The molecule has 1 aromatic carbocycles. The molecule has 2 aliphatic rings. The average Bonchev–Trinajstić information content (AvgIpc) is 3.32. The number of furan rings is 1. The summed E-state index contributed by atoms with van der Waals surface area (Å²) in [5.41, 5.74) is 1.04. The normalized spacial score (nSPS) is 23.1. The van der Waals surface area contributed by atoms with Crippen molar-refractivity contribution in [2.75, 3.05) is 20.1 Å². The summed E-state index contributed by atoms with van der Waals surface area (Å²) in [5.74, 6) is 0.526.